The molecular formula is C25H32F3N5S. The molecular weight excluding hydrogens is 459 g/mol. The van der Waals surface area contributed by atoms with E-state index >= 15 is 0 Å². The molecule has 1 aliphatic heterocycles. The molecule has 0 amide bonds. The van der Waals surface area contributed by atoms with Crippen molar-refractivity contribution >= 4 is 27.4 Å². The molecule has 1 aliphatic rings. The summed E-state index contributed by atoms with van der Waals surface area (Å²) in [7, 11) is 4.20. The van der Waals surface area contributed by atoms with Gasteiger partial charge in [0.2, 0.25) is 0 Å². The van der Waals surface area contributed by atoms with Crippen molar-refractivity contribution in [3.8, 4) is 0 Å². The Balaban J connectivity index is 1.49. The first-order valence-corrected chi connectivity index (χ1v) is 12.6. The van der Waals surface area contributed by atoms with Gasteiger partial charge >= 0.3 is 6.18 Å². The van der Waals surface area contributed by atoms with Gasteiger partial charge in [-0.05, 0) is 45.0 Å². The molecule has 9 heteroatoms. The number of hydrogen-bond donors (Lipinski definition) is 0. The maximum Gasteiger partial charge on any atom is 0.393 e. The minimum atomic E-state index is -4.22. The van der Waals surface area contributed by atoms with Gasteiger partial charge in [0.25, 0.3) is 0 Å². The predicted octanol–water partition coefficient (Wildman–Crippen LogP) is 5.22. The van der Waals surface area contributed by atoms with Crippen molar-refractivity contribution in [3.05, 3.63) is 53.2 Å². The van der Waals surface area contributed by atoms with Crippen LogP contribution < -0.4 is 4.90 Å². The van der Waals surface area contributed by atoms with Gasteiger partial charge in [0.15, 0.2) is 0 Å². The number of aromatic nitrogens is 2. The summed E-state index contributed by atoms with van der Waals surface area (Å²) in [6, 6.07) is 12.7. The third-order valence-corrected chi connectivity index (χ3v) is 7.35. The summed E-state index contributed by atoms with van der Waals surface area (Å²) in [5.74, 6) is 0.762. The van der Waals surface area contributed by atoms with Crippen LogP contribution in [0.3, 0.4) is 0 Å². The summed E-state index contributed by atoms with van der Waals surface area (Å²) in [6.07, 6.45) is -0.566. The number of likely N-dealkylation sites (N-methyl/N-ethyl adjacent to an activating group) is 1. The van der Waals surface area contributed by atoms with Gasteiger partial charge in [0, 0.05) is 43.6 Å². The number of thiophene rings is 1. The first-order valence-electron chi connectivity index (χ1n) is 11.8. The highest BCUT2D eigenvalue weighted by atomic mass is 32.1. The second-order valence-corrected chi connectivity index (χ2v) is 10.4. The van der Waals surface area contributed by atoms with Gasteiger partial charge in [-0.25, -0.2) is 9.97 Å². The predicted molar refractivity (Wildman–Crippen MR) is 132 cm³/mol. The largest absolute Gasteiger partial charge is 0.393 e. The fourth-order valence-electron chi connectivity index (χ4n) is 4.62. The summed E-state index contributed by atoms with van der Waals surface area (Å²) in [5, 5.41) is 0.735. The lowest BCUT2D eigenvalue weighted by Gasteiger charge is -2.32. The Labute approximate surface area is 203 Å². The molecule has 0 aliphatic carbocycles. The van der Waals surface area contributed by atoms with Crippen LogP contribution in [0.1, 0.15) is 29.7 Å². The Bertz CT molecular complexity index is 1050. The Hall–Kier alpha value is -2.23. The van der Waals surface area contributed by atoms with Crippen LogP contribution in [0.5, 0.6) is 0 Å². The lowest BCUT2D eigenvalue weighted by atomic mass is 10.1. The number of nitrogens with zero attached hydrogens (tertiary/aromatic N) is 5. The number of fused-ring (bicyclic) bond motifs is 1. The molecule has 0 saturated carbocycles. The standard InChI is InChI=1S/C25H32F3N5S/c1-31(2)13-14-33(17-19-7-4-3-5-8-19)20-9-6-11-32(12-10-20)23-22-15-21(16-25(26,27)28)34-24(22)30-18-29-23/h3-5,7-8,15,18,20H,6,9-14,16-17H2,1-2H3/t20-/m1/s1. The van der Waals surface area contributed by atoms with Gasteiger partial charge in [-0.3, -0.25) is 4.90 Å². The van der Waals surface area contributed by atoms with Crippen LogP contribution in [0, 0.1) is 0 Å². The molecule has 1 aromatic carbocycles. The first kappa shape index (κ1) is 24.9. The van der Waals surface area contributed by atoms with Gasteiger partial charge in [0.1, 0.15) is 17.0 Å². The van der Waals surface area contributed by atoms with Gasteiger partial charge in [-0.2, -0.15) is 13.2 Å². The van der Waals surface area contributed by atoms with E-state index in [0.717, 1.165) is 74.5 Å². The Morgan fingerprint density at radius 2 is 1.85 bits per heavy atom. The van der Waals surface area contributed by atoms with Crippen molar-refractivity contribution in [1.29, 1.82) is 0 Å². The van der Waals surface area contributed by atoms with E-state index < -0.39 is 12.6 Å². The molecule has 0 radical (unpaired) electrons. The number of alkyl halides is 3. The highest BCUT2D eigenvalue weighted by Crippen LogP contribution is 2.34. The van der Waals surface area contributed by atoms with E-state index in [-0.39, 0.29) is 4.88 Å². The van der Waals surface area contributed by atoms with Crippen LogP contribution in [0.2, 0.25) is 0 Å². The zero-order valence-electron chi connectivity index (χ0n) is 19.8. The maximum absolute atomic E-state index is 12.9. The molecule has 0 bridgehead atoms. The van der Waals surface area contributed by atoms with Crippen LogP contribution >= 0.6 is 11.3 Å². The number of rotatable bonds is 8. The summed E-state index contributed by atoms with van der Waals surface area (Å²) in [5.41, 5.74) is 1.32. The van der Waals surface area contributed by atoms with Crippen LogP contribution in [-0.4, -0.2) is 72.3 Å². The second kappa shape index (κ2) is 11.0. The van der Waals surface area contributed by atoms with Crippen LogP contribution in [-0.2, 0) is 13.0 Å². The highest BCUT2D eigenvalue weighted by molar-refractivity contribution is 7.18. The minimum Gasteiger partial charge on any atom is -0.356 e. The average molecular weight is 492 g/mol. The Kier molecular flexibility index (Phi) is 8.06. The van der Waals surface area contributed by atoms with Crippen LogP contribution in [0.15, 0.2) is 42.7 Å². The van der Waals surface area contributed by atoms with E-state index in [1.807, 2.05) is 6.07 Å². The molecule has 1 fully saturated rings. The smallest absolute Gasteiger partial charge is 0.356 e. The topological polar surface area (TPSA) is 35.5 Å². The SMILES string of the molecule is CN(C)CCN(Cc1ccccc1)[C@@H]1CCCN(c2ncnc3sc(CC(F)(F)F)cc23)CC1. The number of hydrogen-bond acceptors (Lipinski definition) is 6. The van der Waals surface area contributed by atoms with Crippen molar-refractivity contribution in [2.75, 3.05) is 45.2 Å². The van der Waals surface area contributed by atoms with Crippen molar-refractivity contribution in [2.45, 2.75) is 44.4 Å². The Morgan fingerprint density at radius 1 is 1.06 bits per heavy atom. The van der Waals surface area contributed by atoms with Crippen molar-refractivity contribution in [3.63, 3.8) is 0 Å². The third-order valence-electron chi connectivity index (χ3n) is 6.31. The summed E-state index contributed by atoms with van der Waals surface area (Å²) >= 11 is 1.11. The lowest BCUT2D eigenvalue weighted by Crippen LogP contribution is -2.40. The average Bonchev–Trinajstić information content (AvgIpc) is 3.02. The second-order valence-electron chi connectivity index (χ2n) is 9.25. The van der Waals surface area contributed by atoms with Crippen LogP contribution in [0.4, 0.5) is 19.0 Å². The zero-order chi connectivity index (χ0) is 24.1. The number of benzene rings is 1. The van der Waals surface area contributed by atoms with E-state index in [2.05, 4.69) is 63.0 Å². The molecule has 3 heterocycles. The molecule has 184 valence electrons. The molecule has 4 rings (SSSR count). The fourth-order valence-corrected chi connectivity index (χ4v) is 5.64. The monoisotopic (exact) mass is 491 g/mol. The molecule has 0 N–H and O–H groups in total. The third kappa shape index (κ3) is 6.67. The van der Waals surface area contributed by atoms with E-state index in [9.17, 15) is 13.2 Å². The maximum atomic E-state index is 12.9. The summed E-state index contributed by atoms with van der Waals surface area (Å²) in [4.78, 5) is 16.7. The van der Waals surface area contributed by atoms with Crippen molar-refractivity contribution < 1.29 is 13.2 Å². The molecule has 0 spiro atoms. The van der Waals surface area contributed by atoms with Crippen molar-refractivity contribution in [1.82, 2.24) is 19.8 Å². The lowest BCUT2D eigenvalue weighted by molar-refractivity contribution is -0.126. The summed E-state index contributed by atoms with van der Waals surface area (Å²) in [6.45, 7) is 4.59. The fraction of sp³-hybridized carbons (Fsp3) is 0.520. The van der Waals surface area contributed by atoms with E-state index in [0.29, 0.717) is 10.9 Å². The van der Waals surface area contributed by atoms with E-state index in [4.69, 9.17) is 0 Å². The van der Waals surface area contributed by atoms with Gasteiger partial charge in [-0.1, -0.05) is 30.3 Å². The number of halogens is 3. The quantitative estimate of drug-likeness (QED) is 0.432. The van der Waals surface area contributed by atoms with Crippen molar-refractivity contribution in [2.24, 2.45) is 0 Å². The number of anilines is 1. The molecule has 1 atom stereocenters. The van der Waals surface area contributed by atoms with Gasteiger partial charge in [0.05, 0.1) is 11.8 Å². The minimum absolute atomic E-state index is 0.287. The molecule has 0 unspecified atom stereocenters. The Morgan fingerprint density at radius 3 is 2.59 bits per heavy atom. The summed E-state index contributed by atoms with van der Waals surface area (Å²) < 4.78 is 38.8. The van der Waals surface area contributed by atoms with Gasteiger partial charge in [-0.15, -0.1) is 11.3 Å². The molecule has 34 heavy (non-hydrogen) atoms. The molecule has 5 nitrogen and oxygen atoms in total. The van der Waals surface area contributed by atoms with Gasteiger partial charge < -0.3 is 9.80 Å². The first-order chi connectivity index (χ1) is 16.3. The van der Waals surface area contributed by atoms with Crippen LogP contribution in [0.25, 0.3) is 10.2 Å². The molecule has 2 aromatic heterocycles. The van der Waals surface area contributed by atoms with E-state index in [1.54, 1.807) is 6.07 Å². The highest BCUT2D eigenvalue weighted by Gasteiger charge is 2.30. The molecule has 3 aromatic rings. The zero-order valence-corrected chi connectivity index (χ0v) is 20.6. The normalized spacial score (nSPS) is 17.6. The van der Waals surface area contributed by atoms with E-state index in [1.165, 1.54) is 11.9 Å². The molecule has 1 saturated heterocycles.